The predicted octanol–water partition coefficient (Wildman–Crippen LogP) is 4.10. The van der Waals surface area contributed by atoms with Crippen LogP contribution in [0.1, 0.15) is 17.3 Å². The molecule has 3 N–H and O–H groups in total. The molecule has 1 unspecified atom stereocenters. The molecule has 148 valence electrons. The minimum Gasteiger partial charge on any atom is -0.480 e. The fourth-order valence-corrected chi connectivity index (χ4v) is 2.93. The van der Waals surface area contributed by atoms with Crippen molar-refractivity contribution >= 4 is 52.0 Å². The Balaban J connectivity index is 2.16. The van der Waals surface area contributed by atoms with Gasteiger partial charge in [0.2, 0.25) is 0 Å². The summed E-state index contributed by atoms with van der Waals surface area (Å²) in [6, 6.07) is 12.2. The van der Waals surface area contributed by atoms with Gasteiger partial charge in [0.05, 0.1) is 5.52 Å². The second kappa shape index (κ2) is 8.15. The number of para-hydroxylation sites is 1. The van der Waals surface area contributed by atoms with Gasteiger partial charge < -0.3 is 15.5 Å². The number of amides is 2. The van der Waals surface area contributed by atoms with Crippen molar-refractivity contribution in [3.63, 3.8) is 0 Å². The van der Waals surface area contributed by atoms with Gasteiger partial charge in [-0.1, -0.05) is 29.8 Å². The molecule has 2 aromatic carbocycles. The van der Waals surface area contributed by atoms with E-state index in [4.69, 9.17) is 11.6 Å². The maximum atomic E-state index is 12.9. The number of carbonyl (C=O) groups excluding carboxylic acids is 1. The van der Waals surface area contributed by atoms with Crippen LogP contribution in [0.15, 0.2) is 54.6 Å². The Kier molecular flexibility index (Phi) is 5.65. The molecule has 8 nitrogen and oxygen atoms in total. The zero-order valence-corrected chi connectivity index (χ0v) is 15.9. The van der Waals surface area contributed by atoms with E-state index >= 15 is 0 Å². The number of benzene rings is 2. The number of aliphatic carboxylic acids is 1. The fourth-order valence-electron chi connectivity index (χ4n) is 2.75. The molecule has 0 saturated carbocycles. The van der Waals surface area contributed by atoms with Crippen molar-refractivity contribution in [1.29, 1.82) is 0 Å². The largest absolute Gasteiger partial charge is 0.480 e. The van der Waals surface area contributed by atoms with Crippen LogP contribution in [0.4, 0.5) is 16.3 Å². The first kappa shape index (κ1) is 20.1. The Labute approximate surface area is 170 Å². The molecule has 0 aliphatic rings. The fraction of sp³-hybridized carbons (Fsp3) is 0.100. The van der Waals surface area contributed by atoms with Gasteiger partial charge in [0.25, 0.3) is 0 Å². The molecule has 2 amide bonds. The normalized spacial score (nSPS) is 11.7. The number of urea groups is 1. The average molecular weight is 414 g/mol. The van der Waals surface area contributed by atoms with Crippen LogP contribution in [0.2, 0.25) is 5.02 Å². The number of carboxylic acids is 2. The summed E-state index contributed by atoms with van der Waals surface area (Å²) in [4.78, 5) is 41.5. The van der Waals surface area contributed by atoms with Crippen molar-refractivity contribution in [3.8, 4) is 0 Å². The average Bonchev–Trinajstić information content (AvgIpc) is 2.68. The van der Waals surface area contributed by atoms with E-state index in [9.17, 15) is 24.6 Å². The van der Waals surface area contributed by atoms with Crippen LogP contribution in [0.3, 0.4) is 0 Å². The first-order valence-electron chi connectivity index (χ1n) is 8.49. The quantitative estimate of drug-likeness (QED) is 0.579. The van der Waals surface area contributed by atoms with Crippen molar-refractivity contribution in [2.45, 2.75) is 13.0 Å². The second-order valence-corrected chi connectivity index (χ2v) is 6.62. The Morgan fingerprint density at radius 1 is 1.07 bits per heavy atom. The van der Waals surface area contributed by atoms with Crippen molar-refractivity contribution in [1.82, 2.24) is 4.98 Å². The second-order valence-electron chi connectivity index (χ2n) is 6.18. The van der Waals surface area contributed by atoms with Crippen LogP contribution < -0.4 is 10.2 Å². The lowest BCUT2D eigenvalue weighted by atomic mass is 10.1. The molecule has 0 spiro atoms. The molecule has 0 bridgehead atoms. The molecule has 29 heavy (non-hydrogen) atoms. The minimum absolute atomic E-state index is 0.282. The predicted molar refractivity (Wildman–Crippen MR) is 109 cm³/mol. The van der Waals surface area contributed by atoms with Crippen LogP contribution in [-0.4, -0.2) is 39.2 Å². The third-order valence-electron chi connectivity index (χ3n) is 4.20. The van der Waals surface area contributed by atoms with Gasteiger partial charge >= 0.3 is 18.0 Å². The molecular weight excluding hydrogens is 398 g/mol. The molecule has 0 saturated heterocycles. The van der Waals surface area contributed by atoms with Crippen LogP contribution in [0.5, 0.6) is 0 Å². The zero-order chi connectivity index (χ0) is 21.1. The number of nitrogens with zero attached hydrogens (tertiary/aromatic N) is 2. The number of carbonyl (C=O) groups is 3. The number of pyridine rings is 1. The van der Waals surface area contributed by atoms with Crippen molar-refractivity contribution in [3.05, 3.63) is 65.2 Å². The number of hydrogen-bond acceptors (Lipinski definition) is 4. The van der Waals surface area contributed by atoms with Crippen LogP contribution in [0, 0.1) is 0 Å². The number of fused-ring (bicyclic) bond motifs is 1. The first-order chi connectivity index (χ1) is 13.8. The zero-order valence-electron chi connectivity index (χ0n) is 15.2. The lowest BCUT2D eigenvalue weighted by molar-refractivity contribution is -0.138. The van der Waals surface area contributed by atoms with Crippen molar-refractivity contribution in [2.24, 2.45) is 0 Å². The number of aromatic carboxylic acids is 1. The third-order valence-corrected chi connectivity index (χ3v) is 4.44. The van der Waals surface area contributed by atoms with Gasteiger partial charge in [0, 0.05) is 16.1 Å². The van der Waals surface area contributed by atoms with E-state index in [0.717, 1.165) is 4.90 Å². The van der Waals surface area contributed by atoms with E-state index in [1.807, 2.05) is 0 Å². The topological polar surface area (TPSA) is 120 Å². The van der Waals surface area contributed by atoms with Crippen LogP contribution >= 0.6 is 11.6 Å². The highest BCUT2D eigenvalue weighted by Gasteiger charge is 2.32. The van der Waals surface area contributed by atoms with Gasteiger partial charge in [-0.3, -0.25) is 4.90 Å². The lowest BCUT2D eigenvalue weighted by Crippen LogP contribution is -2.47. The lowest BCUT2D eigenvalue weighted by Gasteiger charge is -2.27. The Morgan fingerprint density at radius 3 is 2.38 bits per heavy atom. The Bertz CT molecular complexity index is 1100. The SMILES string of the molecule is CC(C(=O)O)N(C(=O)Nc1ccccc1)c1nc2ccc(Cl)cc2cc1C(=O)O. The summed E-state index contributed by atoms with van der Waals surface area (Å²) in [5, 5.41) is 22.6. The summed E-state index contributed by atoms with van der Waals surface area (Å²) in [6.07, 6.45) is 0. The molecule has 0 aliphatic heterocycles. The molecule has 0 radical (unpaired) electrons. The number of rotatable bonds is 5. The van der Waals surface area contributed by atoms with Crippen molar-refractivity contribution < 1.29 is 24.6 Å². The summed E-state index contributed by atoms with van der Waals surface area (Å²) >= 11 is 5.96. The van der Waals surface area contributed by atoms with Gasteiger partial charge in [-0.2, -0.15) is 0 Å². The Morgan fingerprint density at radius 2 is 1.76 bits per heavy atom. The van der Waals surface area contributed by atoms with E-state index in [2.05, 4.69) is 10.3 Å². The molecular formula is C20H16ClN3O5. The number of hydrogen-bond donors (Lipinski definition) is 3. The van der Waals surface area contributed by atoms with Gasteiger partial charge in [-0.25, -0.2) is 19.4 Å². The molecule has 1 heterocycles. The molecule has 9 heteroatoms. The smallest absolute Gasteiger partial charge is 0.339 e. The minimum atomic E-state index is -1.38. The standard InChI is InChI=1S/C20H16ClN3O5/c1-11(18(25)26)24(20(29)22-14-5-3-2-4-6-14)17-15(19(27)28)10-12-9-13(21)7-8-16(12)23-17/h2-11H,1H3,(H,22,29)(H,25,26)(H,27,28). The number of aromatic nitrogens is 1. The maximum Gasteiger partial charge on any atom is 0.339 e. The van der Waals surface area contributed by atoms with E-state index in [1.165, 1.54) is 19.1 Å². The summed E-state index contributed by atoms with van der Waals surface area (Å²) in [5.74, 6) is -2.96. The van der Waals surface area contributed by atoms with Crippen molar-refractivity contribution in [2.75, 3.05) is 10.2 Å². The van der Waals surface area contributed by atoms with Gasteiger partial charge in [-0.05, 0) is 43.3 Å². The summed E-state index contributed by atoms with van der Waals surface area (Å²) < 4.78 is 0. The highest BCUT2D eigenvalue weighted by atomic mass is 35.5. The Hall–Kier alpha value is -3.65. The molecule has 1 atom stereocenters. The summed E-state index contributed by atoms with van der Waals surface area (Å²) in [5.41, 5.74) is 0.463. The highest BCUT2D eigenvalue weighted by Crippen LogP contribution is 2.28. The summed E-state index contributed by atoms with van der Waals surface area (Å²) in [7, 11) is 0. The maximum absolute atomic E-state index is 12.9. The van der Waals surface area contributed by atoms with Gasteiger partial charge in [0.15, 0.2) is 5.82 Å². The molecule has 3 aromatic rings. The van der Waals surface area contributed by atoms with E-state index in [1.54, 1.807) is 42.5 Å². The number of anilines is 2. The first-order valence-corrected chi connectivity index (χ1v) is 8.87. The van der Waals surface area contributed by atoms with Gasteiger partial charge in [0.1, 0.15) is 11.6 Å². The van der Waals surface area contributed by atoms with Crippen LogP contribution in [-0.2, 0) is 4.79 Å². The number of nitrogens with one attached hydrogen (secondary N) is 1. The van der Waals surface area contributed by atoms with E-state index < -0.39 is 24.0 Å². The van der Waals surface area contributed by atoms with Gasteiger partial charge in [-0.15, -0.1) is 0 Å². The van der Waals surface area contributed by atoms with E-state index in [0.29, 0.717) is 21.6 Å². The molecule has 1 aromatic heterocycles. The number of carboxylic acid groups (broad SMARTS) is 2. The van der Waals surface area contributed by atoms with E-state index in [-0.39, 0.29) is 11.4 Å². The highest BCUT2D eigenvalue weighted by molar-refractivity contribution is 6.31. The molecule has 3 rings (SSSR count). The monoisotopic (exact) mass is 413 g/mol. The summed E-state index contributed by atoms with van der Waals surface area (Å²) in [6.45, 7) is 1.27. The molecule has 0 aliphatic carbocycles. The van der Waals surface area contributed by atoms with Crippen LogP contribution in [0.25, 0.3) is 10.9 Å². The number of halogens is 1. The molecule has 0 fully saturated rings. The third kappa shape index (κ3) is 4.27.